The van der Waals surface area contributed by atoms with Crippen molar-refractivity contribution >= 4 is 70.1 Å². The van der Waals surface area contributed by atoms with E-state index >= 15 is 0 Å². The van der Waals surface area contributed by atoms with Gasteiger partial charge in [0, 0.05) is 0 Å². The summed E-state index contributed by atoms with van der Waals surface area (Å²) in [5.41, 5.74) is -0.697. The van der Waals surface area contributed by atoms with Gasteiger partial charge in [-0.15, -0.1) is 0 Å². The summed E-state index contributed by atoms with van der Waals surface area (Å²) in [4.78, 5) is 23.2. The maximum atomic E-state index is 11.8. The summed E-state index contributed by atoms with van der Waals surface area (Å²) in [6.45, 7) is 4.58. The number of hydrogen-bond acceptors (Lipinski definition) is 4. The van der Waals surface area contributed by atoms with Crippen LogP contribution in [0.15, 0.2) is 0 Å². The van der Waals surface area contributed by atoms with Crippen LogP contribution < -0.4 is 10.1 Å². The second-order valence-electron chi connectivity index (χ2n) is 5.23. The summed E-state index contributed by atoms with van der Waals surface area (Å²) >= 11 is 29.4. The summed E-state index contributed by atoms with van der Waals surface area (Å²) in [7, 11) is 0. The molecular weight excluding hydrogens is 411 g/mol. The first kappa shape index (κ1) is 20.5. The van der Waals surface area contributed by atoms with Crippen LogP contribution in [0.2, 0.25) is 25.1 Å². The largest absolute Gasteiger partial charge is 0.444 e. The fourth-order valence-corrected chi connectivity index (χ4v) is 2.48. The van der Waals surface area contributed by atoms with Crippen molar-refractivity contribution in [2.24, 2.45) is 0 Å². The van der Waals surface area contributed by atoms with Crippen LogP contribution in [0.25, 0.3) is 0 Å². The Morgan fingerprint density at radius 3 is 1.78 bits per heavy atom. The fourth-order valence-electron chi connectivity index (χ4n) is 1.28. The van der Waals surface area contributed by atoms with Gasteiger partial charge < -0.3 is 14.8 Å². The SMILES string of the molecule is CC(C)(C)OC(=O)NCC(=O)Oc1c(Cl)c(Cl)c(Cl)c(Cl)c1Cl. The number of benzene rings is 1. The molecule has 5 nitrogen and oxygen atoms in total. The summed E-state index contributed by atoms with van der Waals surface area (Å²) in [6.07, 6.45) is -0.779. The standard InChI is InChI=1S/C13H12Cl5NO4/c1-13(2,3)23-12(21)19-4-5(20)22-11-9(17)7(15)6(14)8(16)10(11)18/h4H2,1-3H3,(H,19,21). The van der Waals surface area contributed by atoms with Gasteiger partial charge in [0.2, 0.25) is 0 Å². The molecule has 0 heterocycles. The van der Waals surface area contributed by atoms with Gasteiger partial charge >= 0.3 is 12.1 Å². The van der Waals surface area contributed by atoms with E-state index in [9.17, 15) is 9.59 Å². The number of ether oxygens (including phenoxy) is 2. The van der Waals surface area contributed by atoms with E-state index in [-0.39, 0.29) is 30.9 Å². The van der Waals surface area contributed by atoms with E-state index in [1.807, 2.05) is 0 Å². The van der Waals surface area contributed by atoms with E-state index in [1.54, 1.807) is 20.8 Å². The molecule has 0 saturated carbocycles. The Balaban J connectivity index is 2.78. The Kier molecular flexibility index (Phi) is 7.11. The number of halogens is 5. The Hall–Kier alpha value is -0.590. The monoisotopic (exact) mass is 421 g/mol. The van der Waals surface area contributed by atoms with E-state index in [2.05, 4.69) is 5.32 Å². The highest BCUT2D eigenvalue weighted by molar-refractivity contribution is 6.55. The lowest BCUT2D eigenvalue weighted by atomic mass is 10.2. The Bertz CT molecular complexity index is 613. The van der Waals surface area contributed by atoms with Crippen LogP contribution in [0.1, 0.15) is 20.8 Å². The predicted octanol–water partition coefficient (Wildman–Crippen LogP) is 5.38. The van der Waals surface area contributed by atoms with Gasteiger partial charge in [-0.1, -0.05) is 58.0 Å². The van der Waals surface area contributed by atoms with Gasteiger partial charge in [-0.2, -0.15) is 0 Å². The number of esters is 1. The van der Waals surface area contributed by atoms with Gasteiger partial charge in [-0.25, -0.2) is 9.59 Å². The van der Waals surface area contributed by atoms with Crippen molar-refractivity contribution in [3.05, 3.63) is 25.1 Å². The Morgan fingerprint density at radius 1 is 0.913 bits per heavy atom. The zero-order valence-electron chi connectivity index (χ0n) is 12.2. The van der Waals surface area contributed by atoms with Crippen LogP contribution in [-0.2, 0) is 9.53 Å². The first-order valence-corrected chi connectivity index (χ1v) is 8.02. The molecule has 1 aromatic carbocycles. The van der Waals surface area contributed by atoms with Crippen LogP contribution in [-0.4, -0.2) is 24.2 Å². The molecule has 10 heteroatoms. The van der Waals surface area contributed by atoms with Gasteiger partial charge in [-0.05, 0) is 20.8 Å². The lowest BCUT2D eigenvalue weighted by Crippen LogP contribution is -2.36. The number of hydrogen-bond donors (Lipinski definition) is 1. The molecule has 0 spiro atoms. The minimum absolute atomic E-state index is 0.0602. The average Bonchev–Trinajstić information content (AvgIpc) is 2.43. The molecule has 0 atom stereocenters. The second-order valence-corrected chi connectivity index (χ2v) is 7.12. The third kappa shape index (κ3) is 5.76. The summed E-state index contributed by atoms with van der Waals surface area (Å²) in [5, 5.41) is 1.61. The van der Waals surface area contributed by atoms with Crippen molar-refractivity contribution in [3.8, 4) is 5.75 Å². The molecule has 0 bridgehead atoms. The van der Waals surface area contributed by atoms with Crippen molar-refractivity contribution in [1.82, 2.24) is 5.32 Å². The third-order valence-electron chi connectivity index (χ3n) is 2.16. The third-order valence-corrected chi connectivity index (χ3v) is 4.40. The molecule has 0 aliphatic carbocycles. The van der Waals surface area contributed by atoms with Gasteiger partial charge in [0.25, 0.3) is 0 Å². The smallest absolute Gasteiger partial charge is 0.408 e. The highest BCUT2D eigenvalue weighted by Gasteiger charge is 2.23. The van der Waals surface area contributed by atoms with Gasteiger partial charge in [0.05, 0.1) is 15.1 Å². The van der Waals surface area contributed by atoms with Crippen LogP contribution in [0, 0.1) is 0 Å². The van der Waals surface area contributed by atoms with E-state index in [4.69, 9.17) is 67.5 Å². The number of alkyl carbamates (subject to hydrolysis) is 1. The molecule has 1 N–H and O–H groups in total. The lowest BCUT2D eigenvalue weighted by Gasteiger charge is -2.19. The van der Waals surface area contributed by atoms with Crippen LogP contribution in [0.3, 0.4) is 0 Å². The number of rotatable bonds is 3. The number of carbonyl (C=O) groups excluding carboxylic acids is 2. The first-order chi connectivity index (χ1) is 10.4. The molecule has 0 fully saturated rings. The topological polar surface area (TPSA) is 64.6 Å². The molecule has 0 aliphatic heterocycles. The zero-order chi connectivity index (χ0) is 17.9. The molecule has 0 saturated heterocycles. The minimum Gasteiger partial charge on any atom is -0.444 e. The maximum Gasteiger partial charge on any atom is 0.408 e. The molecule has 1 amide bonds. The lowest BCUT2D eigenvalue weighted by molar-refractivity contribution is -0.133. The molecule has 23 heavy (non-hydrogen) atoms. The summed E-state index contributed by atoms with van der Waals surface area (Å²) < 4.78 is 9.94. The highest BCUT2D eigenvalue weighted by Crippen LogP contribution is 2.48. The molecule has 0 unspecified atom stereocenters. The summed E-state index contributed by atoms with van der Waals surface area (Å²) in [5.74, 6) is -1.10. The Morgan fingerprint density at radius 2 is 1.35 bits per heavy atom. The minimum atomic E-state index is -0.853. The van der Waals surface area contributed by atoms with Crippen molar-refractivity contribution in [2.45, 2.75) is 26.4 Å². The van der Waals surface area contributed by atoms with E-state index in [0.717, 1.165) is 0 Å². The number of carbonyl (C=O) groups is 2. The average molecular weight is 424 g/mol. The molecule has 1 aromatic rings. The maximum absolute atomic E-state index is 11.8. The van der Waals surface area contributed by atoms with Gasteiger partial charge in [0.1, 0.15) is 22.2 Å². The fraction of sp³-hybridized carbons (Fsp3) is 0.385. The van der Waals surface area contributed by atoms with Crippen molar-refractivity contribution in [1.29, 1.82) is 0 Å². The first-order valence-electron chi connectivity index (χ1n) is 6.13. The quantitative estimate of drug-likeness (QED) is 0.307. The Labute approximate surface area is 158 Å². The van der Waals surface area contributed by atoms with Crippen molar-refractivity contribution in [3.63, 3.8) is 0 Å². The summed E-state index contributed by atoms with van der Waals surface area (Å²) in [6, 6.07) is 0. The number of amides is 1. The normalized spacial score (nSPS) is 11.1. The molecule has 0 radical (unpaired) electrons. The van der Waals surface area contributed by atoms with Crippen LogP contribution in [0.5, 0.6) is 5.75 Å². The number of nitrogens with one attached hydrogen (secondary N) is 1. The molecule has 1 rings (SSSR count). The van der Waals surface area contributed by atoms with Crippen LogP contribution >= 0.6 is 58.0 Å². The van der Waals surface area contributed by atoms with E-state index in [0.29, 0.717) is 0 Å². The molecule has 128 valence electrons. The predicted molar refractivity (Wildman–Crippen MR) is 91.4 cm³/mol. The molecule has 0 aliphatic rings. The van der Waals surface area contributed by atoms with Crippen LogP contribution in [0.4, 0.5) is 4.79 Å². The highest BCUT2D eigenvalue weighted by atomic mass is 35.5. The molecule has 0 aromatic heterocycles. The van der Waals surface area contributed by atoms with Crippen molar-refractivity contribution in [2.75, 3.05) is 6.54 Å². The van der Waals surface area contributed by atoms with E-state index < -0.39 is 24.2 Å². The van der Waals surface area contributed by atoms with Crippen molar-refractivity contribution < 1.29 is 19.1 Å². The van der Waals surface area contributed by atoms with Gasteiger partial charge in [-0.3, -0.25) is 0 Å². The zero-order valence-corrected chi connectivity index (χ0v) is 16.0. The van der Waals surface area contributed by atoms with Gasteiger partial charge in [0.15, 0.2) is 5.75 Å². The molecular formula is C13H12Cl5NO4. The second kappa shape index (κ2) is 7.99. The van der Waals surface area contributed by atoms with E-state index in [1.165, 1.54) is 0 Å².